The number of para-hydroxylation sites is 1. The standard InChI is InChI=1S/C24H18ClN3O4S/c1-14-17(25)6-4-8-19(14)28-23(30)16-5-2-3-7-18(16)27-24(28)33-12-22(29)26-15-9-10-20-21(11-15)32-13-31-20/h2-11H,12-13H2,1H3,(H,26,29). The summed E-state index contributed by atoms with van der Waals surface area (Å²) >= 11 is 7.50. The average molecular weight is 480 g/mol. The largest absolute Gasteiger partial charge is 0.454 e. The van der Waals surface area contributed by atoms with E-state index >= 15 is 0 Å². The number of carbonyl (C=O) groups excluding carboxylic acids is 1. The molecule has 2 heterocycles. The fourth-order valence-electron chi connectivity index (χ4n) is 3.56. The van der Waals surface area contributed by atoms with Crippen molar-refractivity contribution in [1.82, 2.24) is 9.55 Å². The number of hydrogen-bond acceptors (Lipinski definition) is 6. The number of nitrogens with zero attached hydrogens (tertiary/aromatic N) is 2. The van der Waals surface area contributed by atoms with E-state index in [9.17, 15) is 9.59 Å². The van der Waals surface area contributed by atoms with Crippen LogP contribution >= 0.6 is 23.4 Å². The minimum atomic E-state index is -0.240. The number of carbonyl (C=O) groups is 1. The molecule has 0 saturated carbocycles. The van der Waals surface area contributed by atoms with E-state index in [1.807, 2.05) is 19.1 Å². The van der Waals surface area contributed by atoms with Crippen LogP contribution in [0.15, 0.2) is 70.6 Å². The first-order valence-corrected chi connectivity index (χ1v) is 11.5. The van der Waals surface area contributed by atoms with Gasteiger partial charge in [0.15, 0.2) is 16.7 Å². The second kappa shape index (κ2) is 8.80. The number of hydrogen-bond donors (Lipinski definition) is 1. The van der Waals surface area contributed by atoms with Gasteiger partial charge < -0.3 is 14.8 Å². The number of ether oxygens (including phenoxy) is 2. The van der Waals surface area contributed by atoms with Crippen molar-refractivity contribution in [2.24, 2.45) is 0 Å². The van der Waals surface area contributed by atoms with Crippen molar-refractivity contribution >= 4 is 45.9 Å². The van der Waals surface area contributed by atoms with Crippen molar-refractivity contribution in [1.29, 1.82) is 0 Å². The summed E-state index contributed by atoms with van der Waals surface area (Å²) in [5, 5.41) is 4.29. The van der Waals surface area contributed by atoms with Gasteiger partial charge in [-0.15, -0.1) is 0 Å². The first kappa shape index (κ1) is 21.4. The van der Waals surface area contributed by atoms with E-state index in [1.54, 1.807) is 48.5 Å². The molecule has 3 aromatic carbocycles. The molecule has 0 fully saturated rings. The maximum atomic E-state index is 13.4. The highest BCUT2D eigenvalue weighted by Crippen LogP contribution is 2.34. The van der Waals surface area contributed by atoms with Crippen LogP contribution in [0.2, 0.25) is 5.02 Å². The van der Waals surface area contributed by atoms with Gasteiger partial charge in [0.2, 0.25) is 12.7 Å². The minimum absolute atomic E-state index is 0.0544. The molecule has 1 amide bonds. The highest BCUT2D eigenvalue weighted by atomic mass is 35.5. The van der Waals surface area contributed by atoms with Crippen molar-refractivity contribution in [3.63, 3.8) is 0 Å². The molecular formula is C24H18ClN3O4S. The fraction of sp³-hybridized carbons (Fsp3) is 0.125. The zero-order valence-electron chi connectivity index (χ0n) is 17.5. The van der Waals surface area contributed by atoms with Crippen LogP contribution in [0.4, 0.5) is 5.69 Å². The van der Waals surface area contributed by atoms with Crippen molar-refractivity contribution in [3.8, 4) is 17.2 Å². The monoisotopic (exact) mass is 479 g/mol. The minimum Gasteiger partial charge on any atom is -0.454 e. The Morgan fingerprint density at radius 1 is 1.12 bits per heavy atom. The lowest BCUT2D eigenvalue weighted by atomic mass is 10.2. The number of aromatic nitrogens is 2. The van der Waals surface area contributed by atoms with Gasteiger partial charge in [0.1, 0.15) is 0 Å². The summed E-state index contributed by atoms with van der Waals surface area (Å²) in [5.74, 6) is 1.04. The van der Waals surface area contributed by atoms with Gasteiger partial charge in [0.25, 0.3) is 5.56 Å². The fourth-order valence-corrected chi connectivity index (χ4v) is 4.54. The smallest absolute Gasteiger partial charge is 0.266 e. The molecule has 1 N–H and O–H groups in total. The van der Waals surface area contributed by atoms with Crippen molar-refractivity contribution in [2.75, 3.05) is 17.9 Å². The number of rotatable bonds is 5. The third-order valence-electron chi connectivity index (χ3n) is 5.21. The lowest BCUT2D eigenvalue weighted by Crippen LogP contribution is -2.23. The molecule has 0 unspecified atom stereocenters. The molecule has 0 radical (unpaired) electrons. The van der Waals surface area contributed by atoms with Crippen LogP contribution in [0.1, 0.15) is 5.56 Å². The van der Waals surface area contributed by atoms with Gasteiger partial charge in [-0.1, -0.05) is 41.6 Å². The molecule has 166 valence electrons. The van der Waals surface area contributed by atoms with Gasteiger partial charge >= 0.3 is 0 Å². The summed E-state index contributed by atoms with van der Waals surface area (Å²) in [6.45, 7) is 2.01. The van der Waals surface area contributed by atoms with Gasteiger partial charge in [0.05, 0.1) is 22.3 Å². The number of thioether (sulfide) groups is 1. The van der Waals surface area contributed by atoms with E-state index in [4.69, 9.17) is 21.1 Å². The van der Waals surface area contributed by atoms with Crippen molar-refractivity contribution in [3.05, 3.63) is 81.6 Å². The van der Waals surface area contributed by atoms with E-state index in [1.165, 1.54) is 16.3 Å². The molecule has 1 aliphatic heterocycles. The average Bonchev–Trinajstić information content (AvgIpc) is 3.28. The number of nitrogens with one attached hydrogen (secondary N) is 1. The highest BCUT2D eigenvalue weighted by molar-refractivity contribution is 7.99. The molecule has 0 aliphatic carbocycles. The predicted molar refractivity (Wildman–Crippen MR) is 129 cm³/mol. The van der Waals surface area contributed by atoms with E-state index in [0.717, 1.165) is 5.56 Å². The highest BCUT2D eigenvalue weighted by Gasteiger charge is 2.18. The van der Waals surface area contributed by atoms with Crippen molar-refractivity contribution in [2.45, 2.75) is 12.1 Å². The molecule has 7 nitrogen and oxygen atoms in total. The molecule has 5 rings (SSSR count). The topological polar surface area (TPSA) is 82.5 Å². The van der Waals surface area contributed by atoms with Gasteiger partial charge in [-0.2, -0.15) is 0 Å². The number of anilines is 1. The predicted octanol–water partition coefficient (Wildman–Crippen LogP) is 4.81. The Morgan fingerprint density at radius 3 is 2.82 bits per heavy atom. The first-order valence-electron chi connectivity index (χ1n) is 10.1. The zero-order valence-corrected chi connectivity index (χ0v) is 19.1. The summed E-state index contributed by atoms with van der Waals surface area (Å²) < 4.78 is 12.2. The van der Waals surface area contributed by atoms with E-state index in [-0.39, 0.29) is 24.0 Å². The summed E-state index contributed by atoms with van der Waals surface area (Å²) in [6.07, 6.45) is 0. The van der Waals surface area contributed by atoms with Crippen LogP contribution in [-0.4, -0.2) is 28.0 Å². The van der Waals surface area contributed by atoms with Crippen LogP contribution in [0.5, 0.6) is 11.5 Å². The normalized spacial score (nSPS) is 12.2. The van der Waals surface area contributed by atoms with Gasteiger partial charge in [-0.25, -0.2) is 4.98 Å². The molecule has 1 aliphatic rings. The third kappa shape index (κ3) is 4.15. The van der Waals surface area contributed by atoms with E-state index in [2.05, 4.69) is 10.3 Å². The summed E-state index contributed by atoms with van der Waals surface area (Å²) in [6, 6.07) is 17.7. The molecule has 1 aromatic heterocycles. The van der Waals surface area contributed by atoms with Gasteiger partial charge in [-0.3, -0.25) is 14.2 Å². The molecular weight excluding hydrogens is 462 g/mol. The SMILES string of the molecule is Cc1c(Cl)cccc1-n1c(SCC(=O)Nc2ccc3c(c2)OCO3)nc2ccccc2c1=O. The molecule has 4 aromatic rings. The number of benzene rings is 3. The summed E-state index contributed by atoms with van der Waals surface area (Å²) in [5.41, 5.74) is 2.33. The molecule has 33 heavy (non-hydrogen) atoms. The molecule has 0 saturated heterocycles. The van der Waals surface area contributed by atoms with Gasteiger partial charge in [-0.05, 0) is 48.9 Å². The Balaban J connectivity index is 1.46. The maximum absolute atomic E-state index is 13.4. The number of amides is 1. The Morgan fingerprint density at radius 2 is 1.94 bits per heavy atom. The molecule has 9 heteroatoms. The lowest BCUT2D eigenvalue weighted by Gasteiger charge is -2.15. The van der Waals surface area contributed by atoms with Crippen LogP contribution in [0, 0.1) is 6.92 Å². The first-order chi connectivity index (χ1) is 16.0. The quantitative estimate of drug-likeness (QED) is 0.327. The zero-order chi connectivity index (χ0) is 22.9. The third-order valence-corrected chi connectivity index (χ3v) is 6.56. The Labute approximate surface area is 198 Å². The van der Waals surface area contributed by atoms with Crippen molar-refractivity contribution < 1.29 is 14.3 Å². The van der Waals surface area contributed by atoms with Crippen LogP contribution in [0.25, 0.3) is 16.6 Å². The second-order valence-electron chi connectivity index (χ2n) is 7.34. The van der Waals surface area contributed by atoms with Crippen LogP contribution in [-0.2, 0) is 4.79 Å². The maximum Gasteiger partial charge on any atom is 0.266 e. The number of fused-ring (bicyclic) bond motifs is 2. The Bertz CT molecular complexity index is 1450. The second-order valence-corrected chi connectivity index (χ2v) is 8.69. The number of halogens is 1. The van der Waals surface area contributed by atoms with E-state index < -0.39 is 0 Å². The van der Waals surface area contributed by atoms with Crippen LogP contribution in [0.3, 0.4) is 0 Å². The Kier molecular flexibility index (Phi) is 5.70. The van der Waals surface area contributed by atoms with Crippen LogP contribution < -0.4 is 20.3 Å². The van der Waals surface area contributed by atoms with E-state index in [0.29, 0.717) is 44.0 Å². The molecule has 0 spiro atoms. The molecule has 0 atom stereocenters. The molecule has 0 bridgehead atoms. The Hall–Kier alpha value is -3.49. The van der Waals surface area contributed by atoms with Gasteiger partial charge in [0, 0.05) is 16.8 Å². The lowest BCUT2D eigenvalue weighted by molar-refractivity contribution is -0.113. The summed E-state index contributed by atoms with van der Waals surface area (Å²) in [4.78, 5) is 30.7. The summed E-state index contributed by atoms with van der Waals surface area (Å²) in [7, 11) is 0.